The summed E-state index contributed by atoms with van der Waals surface area (Å²) in [5, 5.41) is 11.2. The molecule has 1 unspecified atom stereocenters. The van der Waals surface area contributed by atoms with E-state index in [-0.39, 0.29) is 0 Å². The molecule has 3 nitrogen and oxygen atoms in total. The van der Waals surface area contributed by atoms with Gasteiger partial charge in [0.1, 0.15) is 0 Å². The quantitative estimate of drug-likeness (QED) is 0.848. The summed E-state index contributed by atoms with van der Waals surface area (Å²) in [7, 11) is 0. The molecule has 1 aromatic heterocycles. The maximum absolute atomic E-state index is 4.52. The van der Waals surface area contributed by atoms with Crippen LogP contribution in [0.4, 0.5) is 0 Å². The first-order valence-corrected chi connectivity index (χ1v) is 6.61. The van der Waals surface area contributed by atoms with E-state index in [9.17, 15) is 0 Å². The highest BCUT2D eigenvalue weighted by atomic mass is 15.1. The first kappa shape index (κ1) is 11.5. The zero-order valence-electron chi connectivity index (χ0n) is 11.0. The van der Waals surface area contributed by atoms with Crippen LogP contribution in [0, 0.1) is 13.8 Å². The van der Waals surface area contributed by atoms with Gasteiger partial charge in [0.05, 0.1) is 11.7 Å². The molecule has 2 N–H and O–H groups in total. The number of rotatable bonds is 2. The number of benzene rings is 1. The Balaban J connectivity index is 2.07. The normalized spacial score (nSPS) is 19.3. The van der Waals surface area contributed by atoms with Crippen LogP contribution in [0.25, 0.3) is 11.1 Å². The summed E-state index contributed by atoms with van der Waals surface area (Å²) in [4.78, 5) is 0. The fraction of sp³-hybridized carbons (Fsp3) is 0.400. The molecule has 2 heterocycles. The Morgan fingerprint density at radius 1 is 1.28 bits per heavy atom. The minimum atomic E-state index is 0.408. The maximum atomic E-state index is 4.52. The third-order valence-electron chi connectivity index (χ3n) is 3.67. The predicted molar refractivity (Wildman–Crippen MR) is 73.5 cm³/mol. The first-order valence-electron chi connectivity index (χ1n) is 6.61. The summed E-state index contributed by atoms with van der Waals surface area (Å²) < 4.78 is 0. The topological polar surface area (TPSA) is 40.7 Å². The monoisotopic (exact) mass is 241 g/mol. The molecule has 0 spiro atoms. The molecule has 1 fully saturated rings. The standard InChI is InChI=1S/C15H19N3/c1-10-5-3-6-12(9-10)14-11(2)17-18-15(14)13-7-4-8-16-13/h3,5-6,9,13,16H,4,7-8H2,1-2H3,(H,17,18). The Morgan fingerprint density at radius 3 is 2.89 bits per heavy atom. The van der Waals surface area contributed by atoms with Gasteiger partial charge in [0.2, 0.25) is 0 Å². The van der Waals surface area contributed by atoms with Crippen molar-refractivity contribution in [1.29, 1.82) is 0 Å². The van der Waals surface area contributed by atoms with Crippen molar-refractivity contribution in [2.45, 2.75) is 32.7 Å². The van der Waals surface area contributed by atoms with Crippen molar-refractivity contribution in [2.75, 3.05) is 6.54 Å². The zero-order valence-corrected chi connectivity index (χ0v) is 11.0. The Kier molecular flexibility index (Phi) is 2.92. The molecule has 0 bridgehead atoms. The van der Waals surface area contributed by atoms with Crippen LogP contribution in [0.1, 0.15) is 35.8 Å². The molecule has 94 valence electrons. The number of nitrogens with zero attached hydrogens (tertiary/aromatic N) is 1. The van der Waals surface area contributed by atoms with Gasteiger partial charge in [-0.3, -0.25) is 5.10 Å². The van der Waals surface area contributed by atoms with Gasteiger partial charge in [0.15, 0.2) is 0 Å². The first-order chi connectivity index (χ1) is 8.75. The second-order valence-electron chi connectivity index (χ2n) is 5.13. The van der Waals surface area contributed by atoms with Crippen molar-refractivity contribution in [1.82, 2.24) is 15.5 Å². The van der Waals surface area contributed by atoms with Gasteiger partial charge in [-0.25, -0.2) is 0 Å². The van der Waals surface area contributed by atoms with Gasteiger partial charge in [-0.05, 0) is 38.8 Å². The van der Waals surface area contributed by atoms with Gasteiger partial charge in [-0.2, -0.15) is 5.10 Å². The van der Waals surface area contributed by atoms with Crippen LogP contribution in [-0.2, 0) is 0 Å². The molecule has 0 aliphatic carbocycles. The van der Waals surface area contributed by atoms with Crippen molar-refractivity contribution in [3.63, 3.8) is 0 Å². The van der Waals surface area contributed by atoms with Gasteiger partial charge in [-0.1, -0.05) is 29.8 Å². The van der Waals surface area contributed by atoms with Gasteiger partial charge in [0.25, 0.3) is 0 Å². The maximum Gasteiger partial charge on any atom is 0.0872 e. The lowest BCUT2D eigenvalue weighted by Crippen LogP contribution is -2.14. The van der Waals surface area contributed by atoms with Gasteiger partial charge >= 0.3 is 0 Å². The van der Waals surface area contributed by atoms with Gasteiger partial charge in [-0.15, -0.1) is 0 Å². The van der Waals surface area contributed by atoms with Crippen molar-refractivity contribution in [3.05, 3.63) is 41.2 Å². The number of aromatic amines is 1. The summed E-state index contributed by atoms with van der Waals surface area (Å²) >= 11 is 0. The SMILES string of the molecule is Cc1cccc(-c2c(C3CCCN3)n[nH]c2C)c1. The zero-order chi connectivity index (χ0) is 12.5. The third kappa shape index (κ3) is 1.95. The van der Waals surface area contributed by atoms with Crippen molar-refractivity contribution in [2.24, 2.45) is 0 Å². The number of H-pyrrole nitrogens is 1. The summed E-state index contributed by atoms with van der Waals surface area (Å²) in [6.45, 7) is 5.33. The Labute approximate surface area is 108 Å². The molecule has 2 aromatic rings. The van der Waals surface area contributed by atoms with E-state index in [1.807, 2.05) is 0 Å². The second kappa shape index (κ2) is 4.58. The molecule has 3 rings (SSSR count). The van der Waals surface area contributed by atoms with E-state index < -0.39 is 0 Å². The summed E-state index contributed by atoms with van der Waals surface area (Å²) in [6, 6.07) is 9.06. The van der Waals surface area contributed by atoms with E-state index in [0.29, 0.717) is 6.04 Å². The summed E-state index contributed by atoms with van der Waals surface area (Å²) in [5.74, 6) is 0. The highest BCUT2D eigenvalue weighted by Crippen LogP contribution is 2.33. The third-order valence-corrected chi connectivity index (χ3v) is 3.67. The average molecular weight is 241 g/mol. The molecular formula is C15H19N3. The molecule has 0 amide bonds. The number of aryl methyl sites for hydroxylation is 2. The molecule has 1 saturated heterocycles. The molecule has 1 aromatic carbocycles. The minimum absolute atomic E-state index is 0.408. The van der Waals surface area contributed by atoms with Crippen molar-refractivity contribution in [3.8, 4) is 11.1 Å². The van der Waals surface area contributed by atoms with Crippen LogP contribution < -0.4 is 5.32 Å². The Morgan fingerprint density at radius 2 is 2.17 bits per heavy atom. The van der Waals surface area contributed by atoms with E-state index in [1.165, 1.54) is 35.2 Å². The van der Waals surface area contributed by atoms with Crippen LogP contribution in [-0.4, -0.2) is 16.7 Å². The largest absolute Gasteiger partial charge is 0.309 e. The second-order valence-corrected chi connectivity index (χ2v) is 5.13. The van der Waals surface area contributed by atoms with E-state index in [0.717, 1.165) is 12.2 Å². The smallest absolute Gasteiger partial charge is 0.0872 e. The van der Waals surface area contributed by atoms with Crippen LogP contribution in [0.5, 0.6) is 0 Å². The predicted octanol–water partition coefficient (Wildman–Crippen LogP) is 3.12. The van der Waals surface area contributed by atoms with E-state index in [2.05, 4.69) is 53.6 Å². The minimum Gasteiger partial charge on any atom is -0.309 e. The van der Waals surface area contributed by atoms with Crippen LogP contribution in [0.15, 0.2) is 24.3 Å². The Hall–Kier alpha value is -1.61. The van der Waals surface area contributed by atoms with Gasteiger partial charge < -0.3 is 5.32 Å². The molecular weight excluding hydrogens is 222 g/mol. The molecule has 0 saturated carbocycles. The fourth-order valence-corrected chi connectivity index (χ4v) is 2.78. The number of nitrogens with one attached hydrogen (secondary N) is 2. The molecule has 3 heteroatoms. The van der Waals surface area contributed by atoms with Crippen LogP contribution in [0.3, 0.4) is 0 Å². The van der Waals surface area contributed by atoms with Gasteiger partial charge in [0, 0.05) is 11.3 Å². The number of hydrogen-bond acceptors (Lipinski definition) is 2. The fourth-order valence-electron chi connectivity index (χ4n) is 2.78. The molecule has 1 atom stereocenters. The highest BCUT2D eigenvalue weighted by molar-refractivity contribution is 5.69. The lowest BCUT2D eigenvalue weighted by molar-refractivity contribution is 0.626. The summed E-state index contributed by atoms with van der Waals surface area (Å²) in [6.07, 6.45) is 2.42. The lowest BCUT2D eigenvalue weighted by Gasteiger charge is -2.11. The van der Waals surface area contributed by atoms with Crippen molar-refractivity contribution < 1.29 is 0 Å². The number of aromatic nitrogens is 2. The molecule has 1 aliphatic heterocycles. The summed E-state index contributed by atoms with van der Waals surface area (Å²) in [5.41, 5.74) is 6.17. The number of hydrogen-bond donors (Lipinski definition) is 2. The Bertz CT molecular complexity index is 551. The highest BCUT2D eigenvalue weighted by Gasteiger charge is 2.23. The van der Waals surface area contributed by atoms with E-state index in [1.54, 1.807) is 0 Å². The molecule has 18 heavy (non-hydrogen) atoms. The van der Waals surface area contributed by atoms with Crippen LogP contribution in [0.2, 0.25) is 0 Å². The van der Waals surface area contributed by atoms with E-state index in [4.69, 9.17) is 0 Å². The lowest BCUT2D eigenvalue weighted by atomic mass is 9.98. The molecule has 1 aliphatic rings. The molecule has 0 radical (unpaired) electrons. The van der Waals surface area contributed by atoms with Crippen LogP contribution >= 0.6 is 0 Å². The van der Waals surface area contributed by atoms with E-state index >= 15 is 0 Å². The van der Waals surface area contributed by atoms with Crippen molar-refractivity contribution >= 4 is 0 Å². The average Bonchev–Trinajstić information content (AvgIpc) is 2.97.